The van der Waals surface area contributed by atoms with Gasteiger partial charge in [0.1, 0.15) is 0 Å². The van der Waals surface area contributed by atoms with Crippen molar-refractivity contribution in [3.05, 3.63) is 75.9 Å². The number of methoxy groups -OCH3 is 1. The van der Waals surface area contributed by atoms with E-state index in [-0.39, 0.29) is 18.5 Å². The van der Waals surface area contributed by atoms with Crippen LogP contribution in [0.5, 0.6) is 5.88 Å². The maximum absolute atomic E-state index is 12.9. The largest absolute Gasteiger partial charge is 0.407 e. The van der Waals surface area contributed by atoms with E-state index in [1.807, 2.05) is 37.3 Å². The van der Waals surface area contributed by atoms with Gasteiger partial charge in [-0.3, -0.25) is 4.79 Å². The predicted molar refractivity (Wildman–Crippen MR) is 109 cm³/mol. The lowest BCUT2D eigenvalue weighted by Crippen LogP contribution is -2.19. The second-order valence-corrected chi connectivity index (χ2v) is 7.02. The van der Waals surface area contributed by atoms with Gasteiger partial charge in [0, 0.05) is 13.2 Å². The maximum atomic E-state index is 12.9. The zero-order valence-electron chi connectivity index (χ0n) is 15.6. The van der Waals surface area contributed by atoms with E-state index >= 15 is 0 Å². The van der Waals surface area contributed by atoms with Crippen molar-refractivity contribution in [2.45, 2.75) is 25.9 Å². The van der Waals surface area contributed by atoms with Gasteiger partial charge in [0.15, 0.2) is 0 Å². The molecule has 0 N–H and O–H groups in total. The average molecular weight is 419 g/mol. The van der Waals surface area contributed by atoms with Crippen molar-refractivity contribution in [2.75, 3.05) is 7.11 Å². The number of benzene rings is 2. The molecule has 5 nitrogen and oxygen atoms in total. The van der Waals surface area contributed by atoms with Crippen molar-refractivity contribution in [3.8, 4) is 11.6 Å². The second kappa shape index (κ2) is 9.24. The minimum atomic E-state index is -0.371. The third kappa shape index (κ3) is 4.55. The Morgan fingerprint density at radius 2 is 1.86 bits per heavy atom. The molecule has 1 heterocycles. The fourth-order valence-electron chi connectivity index (χ4n) is 2.90. The maximum Gasteiger partial charge on any atom is 0.320 e. The first-order chi connectivity index (χ1) is 13.5. The van der Waals surface area contributed by atoms with Crippen molar-refractivity contribution in [1.82, 2.24) is 9.78 Å². The third-order valence-corrected chi connectivity index (χ3v) is 5.01. The number of nitrogens with zero attached hydrogens (tertiary/aromatic N) is 2. The van der Waals surface area contributed by atoms with Crippen LogP contribution in [-0.4, -0.2) is 22.9 Å². The van der Waals surface area contributed by atoms with Gasteiger partial charge in [0.2, 0.25) is 5.88 Å². The summed E-state index contributed by atoms with van der Waals surface area (Å²) in [6.45, 7) is 2.24. The van der Waals surface area contributed by atoms with E-state index < -0.39 is 0 Å². The Labute approximate surface area is 173 Å². The van der Waals surface area contributed by atoms with Crippen LogP contribution in [0.15, 0.2) is 54.6 Å². The van der Waals surface area contributed by atoms with E-state index in [9.17, 15) is 4.79 Å². The Morgan fingerprint density at radius 3 is 2.50 bits per heavy atom. The van der Waals surface area contributed by atoms with E-state index in [0.29, 0.717) is 33.7 Å². The molecule has 2 aromatic carbocycles. The van der Waals surface area contributed by atoms with Crippen molar-refractivity contribution in [1.29, 1.82) is 0 Å². The first-order valence-electron chi connectivity index (χ1n) is 8.83. The van der Waals surface area contributed by atoms with E-state index in [1.165, 1.54) is 4.68 Å². The molecule has 0 amide bonds. The summed E-state index contributed by atoms with van der Waals surface area (Å²) in [6.07, 6.45) is 0.620. The minimum Gasteiger partial charge on any atom is -0.407 e. The molecule has 146 valence electrons. The van der Waals surface area contributed by atoms with Crippen LogP contribution in [-0.2, 0) is 16.1 Å². The van der Waals surface area contributed by atoms with Crippen molar-refractivity contribution in [2.24, 2.45) is 0 Å². The van der Waals surface area contributed by atoms with Crippen LogP contribution in [0, 0.1) is 0 Å². The molecule has 3 rings (SSSR count). The van der Waals surface area contributed by atoms with Gasteiger partial charge >= 0.3 is 5.97 Å². The Bertz CT molecular complexity index is 958. The zero-order chi connectivity index (χ0) is 20.1. The summed E-state index contributed by atoms with van der Waals surface area (Å²) in [6, 6.07) is 16.3. The van der Waals surface area contributed by atoms with Gasteiger partial charge in [0.05, 0.1) is 34.0 Å². The van der Waals surface area contributed by atoms with Gasteiger partial charge in [0.25, 0.3) is 0 Å². The molecular weight excluding hydrogens is 399 g/mol. The van der Waals surface area contributed by atoms with Crippen LogP contribution in [0.1, 0.15) is 30.5 Å². The minimum absolute atomic E-state index is 0.286. The molecule has 1 unspecified atom stereocenters. The van der Waals surface area contributed by atoms with Crippen LogP contribution in [0.25, 0.3) is 5.69 Å². The zero-order valence-corrected chi connectivity index (χ0v) is 17.1. The lowest BCUT2D eigenvalue weighted by molar-refractivity contribution is -0.136. The monoisotopic (exact) mass is 418 g/mol. The topological polar surface area (TPSA) is 53.4 Å². The summed E-state index contributed by atoms with van der Waals surface area (Å²) in [5.74, 6) is -0.423. The summed E-state index contributed by atoms with van der Waals surface area (Å²) < 4.78 is 12.4. The summed E-state index contributed by atoms with van der Waals surface area (Å²) in [4.78, 5) is 12.9. The van der Waals surface area contributed by atoms with E-state index in [1.54, 1.807) is 31.4 Å². The normalized spacial score (nSPS) is 12.0. The summed E-state index contributed by atoms with van der Waals surface area (Å²) in [5, 5.41) is 5.28. The molecule has 0 fully saturated rings. The van der Waals surface area contributed by atoms with Gasteiger partial charge in [-0.15, -0.1) is 0 Å². The highest BCUT2D eigenvalue weighted by Crippen LogP contribution is 2.29. The first-order valence-corrected chi connectivity index (χ1v) is 9.59. The average Bonchev–Trinajstić information content (AvgIpc) is 3.08. The molecule has 0 aliphatic heterocycles. The number of ether oxygens (including phenoxy) is 2. The number of halogens is 2. The quantitative estimate of drug-likeness (QED) is 0.480. The summed E-state index contributed by atoms with van der Waals surface area (Å²) in [5.41, 5.74) is 2.17. The standard InChI is InChI=1S/C21H20Cl2N2O3/c1-3-17(14-7-5-4-6-8-14)21(26)28-20-11-15(13-27-2)24-25(20)16-9-10-18(22)19(23)12-16/h4-12,17H,3,13H2,1-2H3. The van der Waals surface area contributed by atoms with Crippen LogP contribution in [0.3, 0.4) is 0 Å². The Morgan fingerprint density at radius 1 is 1.11 bits per heavy atom. The molecule has 0 saturated heterocycles. The van der Waals surface area contributed by atoms with Crippen molar-refractivity contribution < 1.29 is 14.3 Å². The summed E-state index contributed by atoms with van der Waals surface area (Å²) >= 11 is 12.1. The molecule has 1 aromatic heterocycles. The molecule has 0 spiro atoms. The molecule has 0 aliphatic rings. The van der Waals surface area contributed by atoms with Crippen LogP contribution in [0.2, 0.25) is 10.0 Å². The number of hydrogen-bond donors (Lipinski definition) is 0. The number of rotatable bonds is 7. The lowest BCUT2D eigenvalue weighted by atomic mass is 9.97. The molecule has 28 heavy (non-hydrogen) atoms. The third-order valence-electron chi connectivity index (χ3n) is 4.27. The predicted octanol–water partition coefficient (Wildman–Crippen LogP) is 5.42. The number of hydrogen-bond acceptors (Lipinski definition) is 4. The molecule has 1 atom stereocenters. The van der Waals surface area contributed by atoms with Crippen LogP contribution >= 0.6 is 23.2 Å². The van der Waals surface area contributed by atoms with Crippen LogP contribution in [0.4, 0.5) is 0 Å². The molecule has 0 bridgehead atoms. The molecule has 0 saturated carbocycles. The molecule has 0 radical (unpaired) electrons. The fourth-order valence-corrected chi connectivity index (χ4v) is 3.19. The highest BCUT2D eigenvalue weighted by atomic mass is 35.5. The van der Waals surface area contributed by atoms with Gasteiger partial charge in [-0.05, 0) is 30.2 Å². The van der Waals surface area contributed by atoms with Crippen molar-refractivity contribution in [3.63, 3.8) is 0 Å². The van der Waals surface area contributed by atoms with Gasteiger partial charge < -0.3 is 9.47 Å². The molecule has 3 aromatic rings. The Kier molecular flexibility index (Phi) is 6.73. The van der Waals surface area contributed by atoms with Crippen molar-refractivity contribution >= 4 is 29.2 Å². The van der Waals surface area contributed by atoms with Gasteiger partial charge in [-0.2, -0.15) is 5.10 Å². The fraction of sp³-hybridized carbons (Fsp3) is 0.238. The smallest absolute Gasteiger partial charge is 0.320 e. The number of carbonyl (C=O) groups is 1. The molecular formula is C21H20Cl2N2O3. The highest BCUT2D eigenvalue weighted by Gasteiger charge is 2.23. The number of aromatic nitrogens is 2. The highest BCUT2D eigenvalue weighted by molar-refractivity contribution is 6.42. The SMILES string of the molecule is CCC(C(=O)Oc1cc(COC)nn1-c1ccc(Cl)c(Cl)c1)c1ccccc1. The number of esters is 1. The van der Waals surface area contributed by atoms with E-state index in [0.717, 1.165) is 5.56 Å². The number of carbonyl (C=O) groups excluding carboxylic acids is 1. The van der Waals surface area contributed by atoms with E-state index in [4.69, 9.17) is 32.7 Å². The molecule has 7 heteroatoms. The van der Waals surface area contributed by atoms with Crippen LogP contribution < -0.4 is 4.74 Å². The van der Waals surface area contributed by atoms with E-state index in [2.05, 4.69) is 5.10 Å². The first kappa shape index (κ1) is 20.4. The molecule has 0 aliphatic carbocycles. The van der Waals surface area contributed by atoms with Gasteiger partial charge in [-0.25, -0.2) is 4.68 Å². The van der Waals surface area contributed by atoms with Gasteiger partial charge in [-0.1, -0.05) is 60.5 Å². The Balaban J connectivity index is 1.94. The second-order valence-electron chi connectivity index (χ2n) is 6.21. The lowest BCUT2D eigenvalue weighted by Gasteiger charge is -2.15. The summed E-state index contributed by atoms with van der Waals surface area (Å²) in [7, 11) is 1.58. The Hall–Kier alpha value is -2.34.